The van der Waals surface area contributed by atoms with Crippen LogP contribution in [0.5, 0.6) is 0 Å². The van der Waals surface area contributed by atoms with Crippen molar-refractivity contribution in [1.29, 1.82) is 0 Å². The van der Waals surface area contributed by atoms with Crippen LogP contribution in [0, 0.1) is 5.92 Å². The summed E-state index contributed by atoms with van der Waals surface area (Å²) < 4.78 is 0. The van der Waals surface area contributed by atoms with E-state index in [-0.39, 0.29) is 6.54 Å². The van der Waals surface area contributed by atoms with Gasteiger partial charge < -0.3 is 5.11 Å². The molecule has 4 nitrogen and oxygen atoms in total. The molecule has 0 aromatic heterocycles. The van der Waals surface area contributed by atoms with Gasteiger partial charge in [0.15, 0.2) is 0 Å². The Morgan fingerprint density at radius 2 is 2.13 bits per heavy atom. The Morgan fingerprint density at radius 1 is 1.40 bits per heavy atom. The van der Waals surface area contributed by atoms with Gasteiger partial charge in [-0.15, -0.1) is 0 Å². The van der Waals surface area contributed by atoms with E-state index in [0.717, 1.165) is 25.6 Å². The van der Waals surface area contributed by atoms with E-state index in [1.54, 1.807) is 0 Å². The smallest absolute Gasteiger partial charge is 0.317 e. The quantitative estimate of drug-likeness (QED) is 0.736. The van der Waals surface area contributed by atoms with Gasteiger partial charge in [0, 0.05) is 32.2 Å². The van der Waals surface area contributed by atoms with E-state index in [0.29, 0.717) is 6.04 Å². The summed E-state index contributed by atoms with van der Waals surface area (Å²) in [4.78, 5) is 15.1. The van der Waals surface area contributed by atoms with Crippen molar-refractivity contribution in [3.8, 4) is 0 Å². The number of carbonyl (C=O) groups is 1. The monoisotopic (exact) mass is 212 g/mol. The van der Waals surface area contributed by atoms with Gasteiger partial charge in [0.1, 0.15) is 0 Å². The minimum absolute atomic E-state index is 0.196. The van der Waals surface area contributed by atoms with Crippen molar-refractivity contribution in [2.75, 3.05) is 32.7 Å². The fraction of sp³-hybridized carbons (Fsp3) is 0.909. The molecule has 1 aliphatic carbocycles. The minimum Gasteiger partial charge on any atom is -0.480 e. The number of carboxylic acid groups (broad SMARTS) is 1. The fourth-order valence-electron chi connectivity index (χ4n) is 2.31. The summed E-state index contributed by atoms with van der Waals surface area (Å²) in [7, 11) is 0. The lowest BCUT2D eigenvalue weighted by atomic mass is 10.1. The van der Waals surface area contributed by atoms with Gasteiger partial charge in [-0.2, -0.15) is 0 Å². The average Bonchev–Trinajstić information content (AvgIpc) is 2.92. The minimum atomic E-state index is -0.710. The lowest BCUT2D eigenvalue weighted by Gasteiger charge is -2.39. The first-order valence-electron chi connectivity index (χ1n) is 5.83. The second-order valence-corrected chi connectivity index (χ2v) is 4.92. The topological polar surface area (TPSA) is 43.8 Å². The standard InChI is InChI=1S/C11H20N2O2/c1-9-6-12(8-11(14)15)4-5-13(9)7-10-2-3-10/h9-10H,2-8H2,1H3,(H,14,15)/t9-/m1/s1. The molecule has 1 heterocycles. The van der Waals surface area contributed by atoms with Crippen molar-refractivity contribution in [3.63, 3.8) is 0 Å². The first kappa shape index (κ1) is 10.9. The predicted octanol–water partition coefficient (Wildman–Crippen LogP) is 0.487. The number of hydrogen-bond acceptors (Lipinski definition) is 3. The van der Waals surface area contributed by atoms with Crippen LogP contribution < -0.4 is 0 Å². The molecule has 0 unspecified atom stereocenters. The van der Waals surface area contributed by atoms with Gasteiger partial charge in [-0.3, -0.25) is 14.6 Å². The van der Waals surface area contributed by atoms with Crippen LogP contribution in [-0.2, 0) is 4.79 Å². The van der Waals surface area contributed by atoms with Crippen molar-refractivity contribution < 1.29 is 9.90 Å². The van der Waals surface area contributed by atoms with E-state index in [1.165, 1.54) is 19.4 Å². The number of piperazine rings is 1. The Morgan fingerprint density at radius 3 is 2.67 bits per heavy atom. The van der Waals surface area contributed by atoms with Crippen LogP contribution in [0.15, 0.2) is 0 Å². The highest BCUT2D eigenvalue weighted by Gasteiger charge is 2.30. The molecule has 0 radical (unpaired) electrons. The summed E-state index contributed by atoms with van der Waals surface area (Å²) in [5, 5.41) is 8.72. The van der Waals surface area contributed by atoms with Crippen LogP contribution in [0.3, 0.4) is 0 Å². The summed E-state index contributed by atoms with van der Waals surface area (Å²) in [6.45, 7) is 6.47. The number of nitrogens with zero attached hydrogens (tertiary/aromatic N) is 2. The number of rotatable bonds is 4. The summed E-state index contributed by atoms with van der Waals surface area (Å²) in [6, 6.07) is 0.513. The average molecular weight is 212 g/mol. The number of aliphatic carboxylic acids is 1. The van der Waals surface area contributed by atoms with Gasteiger partial charge in [-0.1, -0.05) is 0 Å². The molecule has 0 aromatic rings. The first-order valence-corrected chi connectivity index (χ1v) is 5.83. The molecule has 1 saturated heterocycles. The van der Waals surface area contributed by atoms with Crippen molar-refractivity contribution in [3.05, 3.63) is 0 Å². The molecular weight excluding hydrogens is 192 g/mol. The van der Waals surface area contributed by atoms with E-state index >= 15 is 0 Å². The van der Waals surface area contributed by atoms with Crippen LogP contribution in [0.25, 0.3) is 0 Å². The molecule has 1 N–H and O–H groups in total. The molecular formula is C11H20N2O2. The molecule has 0 aromatic carbocycles. The summed E-state index contributed by atoms with van der Waals surface area (Å²) in [5.74, 6) is 0.219. The van der Waals surface area contributed by atoms with Crippen LogP contribution >= 0.6 is 0 Å². The first-order chi connectivity index (χ1) is 7.15. The second kappa shape index (κ2) is 4.49. The van der Waals surface area contributed by atoms with E-state index < -0.39 is 5.97 Å². The van der Waals surface area contributed by atoms with Crippen molar-refractivity contribution in [1.82, 2.24) is 9.80 Å². The molecule has 15 heavy (non-hydrogen) atoms. The molecule has 1 atom stereocenters. The fourth-order valence-corrected chi connectivity index (χ4v) is 2.31. The summed E-state index contributed by atoms with van der Waals surface area (Å²) >= 11 is 0. The van der Waals surface area contributed by atoms with Crippen LogP contribution in [0.2, 0.25) is 0 Å². The Kier molecular flexibility index (Phi) is 3.26. The van der Waals surface area contributed by atoms with Gasteiger partial charge in [0.05, 0.1) is 6.54 Å². The van der Waals surface area contributed by atoms with Gasteiger partial charge in [-0.25, -0.2) is 0 Å². The van der Waals surface area contributed by atoms with Crippen molar-refractivity contribution in [2.24, 2.45) is 5.92 Å². The number of carboxylic acids is 1. The Hall–Kier alpha value is -0.610. The Bertz CT molecular complexity index is 241. The van der Waals surface area contributed by atoms with Gasteiger partial charge in [0.2, 0.25) is 0 Å². The SMILES string of the molecule is C[C@@H]1CN(CC(=O)O)CCN1CC1CC1. The largest absolute Gasteiger partial charge is 0.480 e. The third-order valence-corrected chi connectivity index (χ3v) is 3.40. The molecule has 0 spiro atoms. The van der Waals surface area contributed by atoms with Crippen molar-refractivity contribution >= 4 is 5.97 Å². The van der Waals surface area contributed by atoms with Gasteiger partial charge >= 0.3 is 5.97 Å². The zero-order valence-corrected chi connectivity index (χ0v) is 9.35. The van der Waals surface area contributed by atoms with E-state index in [4.69, 9.17) is 5.11 Å². The second-order valence-electron chi connectivity index (χ2n) is 4.92. The number of hydrogen-bond donors (Lipinski definition) is 1. The maximum absolute atomic E-state index is 10.6. The summed E-state index contributed by atoms with van der Waals surface area (Å²) in [5.41, 5.74) is 0. The summed E-state index contributed by atoms with van der Waals surface area (Å²) in [6.07, 6.45) is 2.78. The Balaban J connectivity index is 1.76. The Labute approximate surface area is 90.9 Å². The van der Waals surface area contributed by atoms with Crippen LogP contribution in [0.4, 0.5) is 0 Å². The highest BCUT2D eigenvalue weighted by atomic mass is 16.4. The molecule has 0 bridgehead atoms. The van der Waals surface area contributed by atoms with Crippen LogP contribution in [-0.4, -0.2) is 59.6 Å². The highest BCUT2D eigenvalue weighted by Crippen LogP contribution is 2.30. The normalized spacial score (nSPS) is 29.3. The molecule has 1 aliphatic heterocycles. The third-order valence-electron chi connectivity index (χ3n) is 3.40. The molecule has 2 rings (SSSR count). The molecule has 2 aliphatic rings. The molecule has 0 amide bonds. The lowest BCUT2D eigenvalue weighted by molar-refractivity contribution is -0.139. The lowest BCUT2D eigenvalue weighted by Crippen LogP contribution is -2.53. The maximum atomic E-state index is 10.6. The highest BCUT2D eigenvalue weighted by molar-refractivity contribution is 5.69. The van der Waals surface area contributed by atoms with E-state index in [2.05, 4.69) is 11.8 Å². The molecule has 4 heteroatoms. The van der Waals surface area contributed by atoms with Crippen molar-refractivity contribution in [2.45, 2.75) is 25.8 Å². The zero-order valence-electron chi connectivity index (χ0n) is 9.35. The molecule has 2 fully saturated rings. The zero-order chi connectivity index (χ0) is 10.8. The molecule has 1 saturated carbocycles. The van der Waals surface area contributed by atoms with Crippen LogP contribution in [0.1, 0.15) is 19.8 Å². The van der Waals surface area contributed by atoms with E-state index in [9.17, 15) is 4.79 Å². The predicted molar refractivity (Wildman–Crippen MR) is 57.8 cm³/mol. The van der Waals surface area contributed by atoms with Gasteiger partial charge in [-0.05, 0) is 25.7 Å². The van der Waals surface area contributed by atoms with Gasteiger partial charge in [0.25, 0.3) is 0 Å². The van der Waals surface area contributed by atoms with E-state index in [1.807, 2.05) is 4.90 Å². The maximum Gasteiger partial charge on any atom is 0.317 e. The third kappa shape index (κ3) is 3.18. The molecule has 86 valence electrons.